The molecule has 0 unspecified atom stereocenters. The molecule has 3 aromatic rings. The number of nitrogens with zero attached hydrogens (tertiary/aromatic N) is 1. The number of benzene rings is 3. The first kappa shape index (κ1) is 17.0. The smallest absolute Gasteiger partial charge is 0.341 e. The van der Waals surface area contributed by atoms with E-state index in [4.69, 9.17) is 14.2 Å². The number of carbonyl (C=O) groups excluding carboxylic acids is 3. The highest BCUT2D eigenvalue weighted by molar-refractivity contribution is 6.34. The number of rotatable bonds is 2. The molecule has 29 heavy (non-hydrogen) atoms. The van der Waals surface area contributed by atoms with Gasteiger partial charge in [0.05, 0.1) is 23.9 Å². The Balaban J connectivity index is 1.66. The molecule has 7 heteroatoms. The molecule has 3 aromatic carbocycles. The highest BCUT2D eigenvalue weighted by Crippen LogP contribution is 2.49. The van der Waals surface area contributed by atoms with E-state index >= 15 is 0 Å². The van der Waals surface area contributed by atoms with E-state index in [9.17, 15) is 14.4 Å². The molecule has 0 saturated heterocycles. The normalized spacial score (nSPS) is 13.8. The van der Waals surface area contributed by atoms with E-state index < -0.39 is 17.8 Å². The van der Waals surface area contributed by atoms with Crippen LogP contribution in [-0.2, 0) is 4.74 Å². The second-order valence-electron chi connectivity index (χ2n) is 6.45. The van der Waals surface area contributed by atoms with Crippen molar-refractivity contribution in [2.24, 2.45) is 0 Å². The number of carbonyl (C=O) groups is 3. The molecule has 142 valence electrons. The summed E-state index contributed by atoms with van der Waals surface area (Å²) in [7, 11) is 1.24. The van der Waals surface area contributed by atoms with E-state index in [-0.39, 0.29) is 22.7 Å². The summed E-state index contributed by atoms with van der Waals surface area (Å²) in [6.07, 6.45) is 0. The fraction of sp³-hybridized carbons (Fsp3) is 0.0455. The summed E-state index contributed by atoms with van der Waals surface area (Å²) in [6, 6.07) is 16.4. The van der Waals surface area contributed by atoms with Gasteiger partial charge in [-0.05, 0) is 30.3 Å². The minimum absolute atomic E-state index is 0.0473. The Hall–Kier alpha value is -4.13. The molecule has 2 aliphatic heterocycles. The van der Waals surface area contributed by atoms with Crippen molar-refractivity contribution >= 4 is 23.5 Å². The maximum absolute atomic E-state index is 12.8. The maximum Gasteiger partial charge on any atom is 0.341 e. The second-order valence-corrected chi connectivity index (χ2v) is 6.45. The summed E-state index contributed by atoms with van der Waals surface area (Å²) >= 11 is 0. The van der Waals surface area contributed by atoms with Gasteiger partial charge in [0, 0.05) is 6.07 Å². The van der Waals surface area contributed by atoms with E-state index in [2.05, 4.69) is 0 Å². The number of amides is 2. The molecule has 0 spiro atoms. The van der Waals surface area contributed by atoms with Crippen molar-refractivity contribution in [1.82, 2.24) is 0 Å². The Kier molecular flexibility index (Phi) is 3.64. The van der Waals surface area contributed by atoms with Crippen LogP contribution in [0.25, 0.3) is 0 Å². The first-order valence-corrected chi connectivity index (χ1v) is 8.77. The standard InChI is InChI=1S/C22H13NO6/c1-27-22(26)15-10-12(23-20(24)13-6-2-3-7-14(13)21(23)25)11-18-19(15)29-17-9-5-4-8-16(17)28-18/h2-11H,1H3. The summed E-state index contributed by atoms with van der Waals surface area (Å²) in [5, 5.41) is 0. The van der Waals surface area contributed by atoms with Crippen LogP contribution >= 0.6 is 0 Å². The SMILES string of the molecule is COC(=O)c1cc(N2C(=O)c3ccccc3C2=O)cc2c1Oc1ccccc1O2. The number of para-hydroxylation sites is 2. The predicted molar refractivity (Wildman–Crippen MR) is 102 cm³/mol. The van der Waals surface area contributed by atoms with Gasteiger partial charge in [-0.15, -0.1) is 0 Å². The van der Waals surface area contributed by atoms with Gasteiger partial charge in [-0.3, -0.25) is 9.59 Å². The van der Waals surface area contributed by atoms with Crippen molar-refractivity contribution in [3.8, 4) is 23.0 Å². The van der Waals surface area contributed by atoms with E-state index in [0.717, 1.165) is 4.90 Å². The van der Waals surface area contributed by atoms with Crippen LogP contribution in [0.3, 0.4) is 0 Å². The average molecular weight is 387 g/mol. The van der Waals surface area contributed by atoms with Crippen molar-refractivity contribution in [3.63, 3.8) is 0 Å². The Morgan fingerprint density at radius 1 is 0.828 bits per heavy atom. The molecule has 2 amide bonds. The number of imide groups is 1. The van der Waals surface area contributed by atoms with E-state index in [0.29, 0.717) is 22.6 Å². The van der Waals surface area contributed by atoms with Crippen LogP contribution in [0.2, 0.25) is 0 Å². The molecule has 0 aromatic heterocycles. The summed E-state index contributed by atoms with van der Waals surface area (Å²) in [5.41, 5.74) is 0.846. The van der Waals surface area contributed by atoms with Gasteiger partial charge in [-0.1, -0.05) is 24.3 Å². The minimum Gasteiger partial charge on any atom is -0.465 e. The van der Waals surface area contributed by atoms with Crippen LogP contribution < -0.4 is 14.4 Å². The second kappa shape index (κ2) is 6.20. The zero-order chi connectivity index (χ0) is 20.1. The van der Waals surface area contributed by atoms with Crippen LogP contribution in [0.4, 0.5) is 5.69 Å². The molecular formula is C22H13NO6. The van der Waals surface area contributed by atoms with Gasteiger partial charge < -0.3 is 14.2 Å². The van der Waals surface area contributed by atoms with Gasteiger partial charge in [-0.25, -0.2) is 9.69 Å². The molecule has 0 atom stereocenters. The van der Waals surface area contributed by atoms with Crippen LogP contribution in [0, 0.1) is 0 Å². The van der Waals surface area contributed by atoms with Crippen LogP contribution in [0.15, 0.2) is 60.7 Å². The van der Waals surface area contributed by atoms with E-state index in [1.165, 1.54) is 19.2 Å². The van der Waals surface area contributed by atoms with Crippen LogP contribution in [0.1, 0.15) is 31.1 Å². The Bertz CT molecular complexity index is 1180. The Labute approximate surface area is 165 Å². The molecule has 5 rings (SSSR count). The van der Waals surface area contributed by atoms with Gasteiger partial charge in [0.1, 0.15) is 5.56 Å². The van der Waals surface area contributed by atoms with Gasteiger partial charge in [-0.2, -0.15) is 0 Å². The lowest BCUT2D eigenvalue weighted by Crippen LogP contribution is -2.29. The number of ether oxygens (including phenoxy) is 3. The molecule has 0 fully saturated rings. The first-order chi connectivity index (χ1) is 14.1. The van der Waals surface area contributed by atoms with Crippen molar-refractivity contribution in [2.75, 3.05) is 12.0 Å². The lowest BCUT2D eigenvalue weighted by atomic mass is 10.1. The zero-order valence-electron chi connectivity index (χ0n) is 15.2. The number of methoxy groups -OCH3 is 1. The molecule has 2 aliphatic rings. The molecule has 0 saturated carbocycles. The van der Waals surface area contributed by atoms with Gasteiger partial charge in [0.15, 0.2) is 23.0 Å². The summed E-state index contributed by atoms with van der Waals surface area (Å²) in [4.78, 5) is 39.1. The average Bonchev–Trinajstić information content (AvgIpc) is 3.01. The van der Waals surface area contributed by atoms with Crippen molar-refractivity contribution in [1.29, 1.82) is 0 Å². The monoisotopic (exact) mass is 387 g/mol. The number of hydrogen-bond donors (Lipinski definition) is 0. The third-order valence-electron chi connectivity index (χ3n) is 4.78. The predicted octanol–water partition coefficient (Wildman–Crippen LogP) is 4.17. The first-order valence-electron chi connectivity index (χ1n) is 8.77. The molecule has 0 aliphatic carbocycles. The molecule has 2 heterocycles. The largest absolute Gasteiger partial charge is 0.465 e. The Morgan fingerprint density at radius 2 is 1.41 bits per heavy atom. The zero-order valence-corrected chi connectivity index (χ0v) is 15.2. The van der Waals surface area contributed by atoms with Crippen LogP contribution in [-0.4, -0.2) is 24.9 Å². The molecular weight excluding hydrogens is 374 g/mol. The molecule has 0 radical (unpaired) electrons. The van der Waals surface area contributed by atoms with Gasteiger partial charge in [0.25, 0.3) is 11.8 Å². The maximum atomic E-state index is 12.8. The summed E-state index contributed by atoms with van der Waals surface area (Å²) < 4.78 is 16.6. The van der Waals surface area contributed by atoms with E-state index in [1.54, 1.807) is 48.5 Å². The quantitative estimate of drug-likeness (QED) is 0.379. The fourth-order valence-electron chi connectivity index (χ4n) is 3.43. The molecule has 0 N–H and O–H groups in total. The summed E-state index contributed by atoms with van der Waals surface area (Å²) in [5.74, 6) is -0.359. The van der Waals surface area contributed by atoms with Gasteiger partial charge in [0.2, 0.25) is 0 Å². The van der Waals surface area contributed by atoms with E-state index in [1.807, 2.05) is 0 Å². The van der Waals surface area contributed by atoms with Crippen LogP contribution in [0.5, 0.6) is 23.0 Å². The third kappa shape index (κ3) is 2.48. The highest BCUT2D eigenvalue weighted by atomic mass is 16.6. The molecule has 7 nitrogen and oxygen atoms in total. The Morgan fingerprint density at radius 3 is 2.03 bits per heavy atom. The third-order valence-corrected chi connectivity index (χ3v) is 4.78. The fourth-order valence-corrected chi connectivity index (χ4v) is 3.43. The number of fused-ring (bicyclic) bond motifs is 3. The number of anilines is 1. The minimum atomic E-state index is -0.678. The van der Waals surface area contributed by atoms with Crippen molar-refractivity contribution in [3.05, 3.63) is 77.4 Å². The van der Waals surface area contributed by atoms with Gasteiger partial charge >= 0.3 is 5.97 Å². The number of hydrogen-bond acceptors (Lipinski definition) is 6. The lowest BCUT2D eigenvalue weighted by Gasteiger charge is -2.24. The summed E-state index contributed by atoms with van der Waals surface area (Å²) in [6.45, 7) is 0. The van der Waals surface area contributed by atoms with Crippen molar-refractivity contribution in [2.45, 2.75) is 0 Å². The lowest BCUT2D eigenvalue weighted by molar-refractivity contribution is 0.0596. The van der Waals surface area contributed by atoms with Crippen molar-refractivity contribution < 1.29 is 28.6 Å². The highest BCUT2D eigenvalue weighted by Gasteiger charge is 2.38. The molecule has 0 bridgehead atoms. The topological polar surface area (TPSA) is 82.1 Å². The number of esters is 1.